The molecule has 0 saturated heterocycles. The minimum atomic E-state index is -5.14. The zero-order valence-corrected chi connectivity index (χ0v) is 21.3. The Kier molecular flexibility index (Phi) is 25.5. The predicted octanol–water partition coefficient (Wildman–Crippen LogP) is 3.77. The third kappa shape index (κ3) is 40.4. The van der Waals surface area contributed by atoms with E-state index in [1.165, 1.54) is 89.9 Å². The number of aliphatic imine (C=N–C) groups is 1. The fourth-order valence-electron chi connectivity index (χ4n) is 3.32. The van der Waals surface area contributed by atoms with Gasteiger partial charge in [0, 0.05) is 6.54 Å². The zero-order valence-electron chi connectivity index (χ0n) is 20.4. The summed E-state index contributed by atoms with van der Waals surface area (Å²) in [6, 6.07) is 0. The van der Waals surface area contributed by atoms with E-state index in [0.29, 0.717) is 13.0 Å². The molecule has 0 aliphatic carbocycles. The summed E-state index contributed by atoms with van der Waals surface area (Å²) in [4.78, 5) is 30.6. The molecule has 0 aliphatic heterocycles. The highest BCUT2D eigenvalue weighted by molar-refractivity contribution is 7.42. The van der Waals surface area contributed by atoms with Crippen LogP contribution in [-0.2, 0) is 4.57 Å². The monoisotopic (exact) mass is 463 g/mol. The van der Waals surface area contributed by atoms with Gasteiger partial charge in [-0.15, -0.1) is 0 Å². The number of hydrogen-bond acceptors (Lipinski definition) is 6. The van der Waals surface area contributed by atoms with Crippen LogP contribution in [0.1, 0.15) is 116 Å². The molecule has 0 spiro atoms. The molecule has 0 aliphatic rings. The molecule has 188 valence electrons. The van der Waals surface area contributed by atoms with Crippen LogP contribution in [0.5, 0.6) is 0 Å². The average molecular weight is 464 g/mol. The molecule has 0 aromatic rings. The Morgan fingerprint density at radius 1 is 0.774 bits per heavy atom. The SMILES string of the molecule is CCCCCCCCCCCCCCCCCC([O-])=NCCCN(C)C.O=P([O-])([O-])O. The summed E-state index contributed by atoms with van der Waals surface area (Å²) in [6.45, 7) is 3.98. The second-order valence-electron chi connectivity index (χ2n) is 8.60. The quantitative estimate of drug-likeness (QED) is 0.127. The number of unbranched alkanes of at least 4 members (excludes halogenated alkanes) is 14. The van der Waals surface area contributed by atoms with Gasteiger partial charge in [-0.1, -0.05) is 96.8 Å². The van der Waals surface area contributed by atoms with Gasteiger partial charge in [0.15, 0.2) is 0 Å². The lowest BCUT2D eigenvalue weighted by molar-refractivity contribution is -0.337. The third-order valence-corrected chi connectivity index (χ3v) is 5.05. The van der Waals surface area contributed by atoms with E-state index >= 15 is 0 Å². The summed E-state index contributed by atoms with van der Waals surface area (Å²) in [6.07, 6.45) is 22.1. The van der Waals surface area contributed by atoms with E-state index in [9.17, 15) is 5.11 Å². The Hall–Kier alpha value is -0.460. The van der Waals surface area contributed by atoms with Crippen LogP contribution in [-0.4, -0.2) is 42.9 Å². The zero-order chi connectivity index (χ0) is 23.8. The van der Waals surface area contributed by atoms with Crippen molar-refractivity contribution in [3.05, 3.63) is 0 Å². The van der Waals surface area contributed by atoms with Gasteiger partial charge in [0.05, 0.1) is 7.82 Å². The van der Waals surface area contributed by atoms with E-state index < -0.39 is 7.82 Å². The standard InChI is InChI=1S/C23H48N2O.H3O4P/c1-4-5-6-7-8-9-10-11-12-13-14-15-16-17-18-20-23(26)24-21-19-22-25(2)3;1-5(2,3)4/h4-22H2,1-3H3,(H,24,26);(H3,1,2,3,4)/p-3. The van der Waals surface area contributed by atoms with Crippen molar-refractivity contribution in [2.24, 2.45) is 4.99 Å². The molecule has 0 atom stereocenters. The predicted molar refractivity (Wildman–Crippen MR) is 125 cm³/mol. The van der Waals surface area contributed by atoms with Crippen molar-refractivity contribution >= 4 is 13.7 Å². The molecular weight excluding hydrogens is 415 g/mol. The molecule has 0 rings (SSSR count). The molecule has 0 radical (unpaired) electrons. The molecule has 0 heterocycles. The van der Waals surface area contributed by atoms with Crippen molar-refractivity contribution in [2.75, 3.05) is 27.2 Å². The maximum absolute atomic E-state index is 11.6. The summed E-state index contributed by atoms with van der Waals surface area (Å²) >= 11 is 0. The second-order valence-corrected chi connectivity index (χ2v) is 9.54. The molecule has 8 heteroatoms. The highest BCUT2D eigenvalue weighted by atomic mass is 31.2. The number of phosphoric acid groups is 1. The van der Waals surface area contributed by atoms with Crippen LogP contribution in [0, 0.1) is 0 Å². The highest BCUT2D eigenvalue weighted by Crippen LogP contribution is 2.13. The lowest BCUT2D eigenvalue weighted by atomic mass is 10.0. The molecule has 0 amide bonds. The Labute approximate surface area is 191 Å². The first-order valence-electron chi connectivity index (χ1n) is 12.3. The second kappa shape index (κ2) is 24.2. The number of rotatable bonds is 20. The van der Waals surface area contributed by atoms with E-state index in [-0.39, 0.29) is 5.90 Å². The first-order valence-corrected chi connectivity index (χ1v) is 13.8. The Balaban J connectivity index is 0. The molecule has 1 N–H and O–H groups in total. The Morgan fingerprint density at radius 2 is 1.13 bits per heavy atom. The molecule has 0 fully saturated rings. The van der Waals surface area contributed by atoms with Gasteiger partial charge in [-0.05, 0) is 45.8 Å². The normalized spacial score (nSPS) is 12.2. The van der Waals surface area contributed by atoms with E-state index in [0.717, 1.165) is 19.4 Å². The summed E-state index contributed by atoms with van der Waals surface area (Å²) < 4.78 is 8.66. The smallest absolute Gasteiger partial charge is 0.0557 e. The summed E-state index contributed by atoms with van der Waals surface area (Å²) in [5.41, 5.74) is 0. The van der Waals surface area contributed by atoms with E-state index in [4.69, 9.17) is 19.2 Å². The summed E-state index contributed by atoms with van der Waals surface area (Å²) in [7, 11) is -1.03. The molecule has 0 bridgehead atoms. The molecular formula is C23H48N2O5P-3. The van der Waals surface area contributed by atoms with Gasteiger partial charge in [-0.25, -0.2) is 0 Å². The van der Waals surface area contributed by atoms with Gasteiger partial charge in [-0.3, -0.25) is 0 Å². The first kappa shape index (κ1) is 32.7. The van der Waals surface area contributed by atoms with Gasteiger partial charge < -0.3 is 34.2 Å². The van der Waals surface area contributed by atoms with Crippen molar-refractivity contribution in [1.29, 1.82) is 0 Å². The van der Waals surface area contributed by atoms with Crippen molar-refractivity contribution in [1.82, 2.24) is 4.90 Å². The van der Waals surface area contributed by atoms with Crippen LogP contribution in [0.15, 0.2) is 4.99 Å². The number of nitrogens with zero attached hydrogens (tertiary/aromatic N) is 2. The molecule has 7 nitrogen and oxygen atoms in total. The summed E-state index contributed by atoms with van der Waals surface area (Å²) in [5, 5.41) is 11.6. The van der Waals surface area contributed by atoms with Gasteiger partial charge in [0.1, 0.15) is 0 Å². The maximum atomic E-state index is 11.6. The lowest BCUT2D eigenvalue weighted by Gasteiger charge is -2.19. The van der Waals surface area contributed by atoms with E-state index in [1.807, 2.05) is 0 Å². The molecule has 0 aromatic heterocycles. The molecule has 31 heavy (non-hydrogen) atoms. The molecule has 0 saturated carbocycles. The van der Waals surface area contributed by atoms with Gasteiger partial charge >= 0.3 is 0 Å². The minimum Gasteiger partial charge on any atom is -0.862 e. The highest BCUT2D eigenvalue weighted by Gasteiger charge is 1.95. The van der Waals surface area contributed by atoms with Crippen molar-refractivity contribution < 1.29 is 24.4 Å². The topological polar surface area (TPSA) is 122 Å². The van der Waals surface area contributed by atoms with Gasteiger partial charge in [0.25, 0.3) is 0 Å². The lowest BCUT2D eigenvalue weighted by Crippen LogP contribution is -2.19. The van der Waals surface area contributed by atoms with Gasteiger partial charge in [0.2, 0.25) is 0 Å². The molecule has 0 aromatic carbocycles. The average Bonchev–Trinajstić information content (AvgIpc) is 2.67. The van der Waals surface area contributed by atoms with Crippen LogP contribution in [0.25, 0.3) is 0 Å². The van der Waals surface area contributed by atoms with Crippen molar-refractivity contribution in [3.63, 3.8) is 0 Å². The van der Waals surface area contributed by atoms with Gasteiger partial charge in [-0.2, -0.15) is 0 Å². The molecule has 0 unspecified atom stereocenters. The number of hydrogen-bond donors (Lipinski definition) is 1. The van der Waals surface area contributed by atoms with Crippen LogP contribution < -0.4 is 14.9 Å². The maximum Gasteiger partial charge on any atom is 0.0557 e. The van der Waals surface area contributed by atoms with E-state index in [2.05, 4.69) is 30.9 Å². The van der Waals surface area contributed by atoms with Crippen LogP contribution in [0.3, 0.4) is 0 Å². The minimum absolute atomic E-state index is 0.110. The largest absolute Gasteiger partial charge is 0.862 e. The van der Waals surface area contributed by atoms with Crippen LogP contribution in [0.4, 0.5) is 0 Å². The van der Waals surface area contributed by atoms with Crippen molar-refractivity contribution in [2.45, 2.75) is 116 Å². The van der Waals surface area contributed by atoms with Crippen LogP contribution in [0.2, 0.25) is 0 Å². The third-order valence-electron chi connectivity index (χ3n) is 5.05. The van der Waals surface area contributed by atoms with Crippen molar-refractivity contribution in [3.8, 4) is 0 Å². The fourth-order valence-corrected chi connectivity index (χ4v) is 3.32. The first-order chi connectivity index (χ1) is 14.7. The van der Waals surface area contributed by atoms with E-state index in [1.54, 1.807) is 0 Å². The van der Waals surface area contributed by atoms with Crippen LogP contribution >= 0.6 is 7.82 Å². The Bertz CT molecular complexity index is 433. The summed E-state index contributed by atoms with van der Waals surface area (Å²) in [5.74, 6) is 0.110. The Morgan fingerprint density at radius 3 is 1.48 bits per heavy atom. The fraction of sp³-hybridized carbons (Fsp3) is 0.957.